The smallest absolute Gasteiger partial charge is 0.302 e. The first-order chi connectivity index (χ1) is 14.1. The van der Waals surface area contributed by atoms with Crippen molar-refractivity contribution in [2.24, 2.45) is 0 Å². The van der Waals surface area contributed by atoms with Gasteiger partial charge < -0.3 is 18.7 Å². The molecule has 0 aromatic carbocycles. The van der Waals surface area contributed by atoms with E-state index in [1.54, 1.807) is 0 Å². The van der Waals surface area contributed by atoms with Crippen molar-refractivity contribution in [3.05, 3.63) is 0 Å². The third-order valence-electron chi connectivity index (χ3n) is 7.38. The van der Waals surface area contributed by atoms with Crippen LogP contribution in [0.25, 0.3) is 0 Å². The molecule has 0 aromatic heterocycles. The molecule has 0 radical (unpaired) electrons. The van der Waals surface area contributed by atoms with Gasteiger partial charge in [0.2, 0.25) is 0 Å². The maximum atomic E-state index is 11.6. The van der Waals surface area contributed by atoms with Crippen molar-refractivity contribution in [1.82, 2.24) is 0 Å². The molecule has 0 aliphatic carbocycles. The van der Waals surface area contributed by atoms with Crippen molar-refractivity contribution in [1.29, 1.82) is 0 Å². The molecule has 0 aliphatic rings. The maximum Gasteiger partial charge on any atom is 0.302 e. The average molecular weight is 491 g/mol. The number of rotatable bonds is 13. The Bertz CT molecular complexity index is 574. The fourth-order valence-corrected chi connectivity index (χ4v) is 5.64. The Hall–Kier alpha value is -0.216. The Balaban J connectivity index is 4.72. The molecule has 0 spiro atoms. The van der Waals surface area contributed by atoms with E-state index in [1.165, 1.54) is 6.92 Å². The van der Waals surface area contributed by atoms with Gasteiger partial charge in [-0.25, -0.2) is 0 Å². The highest BCUT2D eigenvalue weighted by Crippen LogP contribution is 2.38. The fourth-order valence-electron chi connectivity index (χ4n) is 3.14. The monoisotopic (exact) mass is 490 g/mol. The van der Waals surface area contributed by atoms with E-state index in [2.05, 4.69) is 74.7 Å². The van der Waals surface area contributed by atoms with E-state index in [0.717, 1.165) is 12.8 Å². The minimum absolute atomic E-state index is 0.0266. The first-order valence-electron chi connectivity index (χ1n) is 12.3. The molecule has 0 heterocycles. The van der Waals surface area contributed by atoms with Crippen molar-refractivity contribution >= 4 is 22.6 Å². The Morgan fingerprint density at radius 3 is 1.84 bits per heavy atom. The first-order valence-corrected chi connectivity index (χ1v) is 18.1. The number of carbonyl (C=O) groups is 1. The molecule has 3 atom stereocenters. The van der Waals surface area contributed by atoms with Gasteiger partial charge in [0.15, 0.2) is 16.6 Å². The van der Waals surface area contributed by atoms with Gasteiger partial charge in [-0.05, 0) is 75.8 Å². The number of ether oxygens (including phenoxy) is 1. The van der Waals surface area contributed by atoms with Crippen LogP contribution in [0.4, 0.5) is 0 Å². The number of hydrogen-bond acceptors (Lipinski definition) is 5. The zero-order chi connectivity index (χ0) is 25.6. The lowest BCUT2D eigenvalue weighted by Crippen LogP contribution is -2.44. The van der Waals surface area contributed by atoms with Crippen LogP contribution in [0.15, 0.2) is 0 Å². The van der Waals surface area contributed by atoms with Gasteiger partial charge in [-0.1, -0.05) is 41.5 Å². The van der Waals surface area contributed by atoms with Crippen molar-refractivity contribution in [2.75, 3.05) is 6.61 Å². The molecule has 1 N–H and O–H groups in total. The number of aliphatic hydroxyl groups is 1. The van der Waals surface area contributed by atoms with E-state index in [-0.39, 0.29) is 28.3 Å². The summed E-state index contributed by atoms with van der Waals surface area (Å²) in [5, 5.41) is 11.1. The Labute approximate surface area is 201 Å². The SMILES string of the molecule is CC(=O)O[C@@H](CCC[C@@](C)(O)CCO[Si](C)(C)C(C)(C)C)C[C@@H](C)O[Si](C)(C)C(C)(C)C. The molecular weight excluding hydrogens is 436 g/mol. The highest BCUT2D eigenvalue weighted by atomic mass is 28.4. The highest BCUT2D eigenvalue weighted by molar-refractivity contribution is 6.74. The third-order valence-corrected chi connectivity index (χ3v) is 16.5. The van der Waals surface area contributed by atoms with Gasteiger partial charge in [0.05, 0.1) is 5.60 Å². The molecule has 0 aromatic rings. The van der Waals surface area contributed by atoms with Crippen LogP contribution in [0.1, 0.15) is 94.4 Å². The van der Waals surface area contributed by atoms with Crippen LogP contribution in [-0.4, -0.2) is 52.1 Å². The second-order valence-corrected chi connectivity index (χ2v) is 22.5. The second kappa shape index (κ2) is 12.0. The zero-order valence-corrected chi connectivity index (χ0v) is 25.5. The fraction of sp³-hybridized carbons (Fsp3) is 0.960. The van der Waals surface area contributed by atoms with Crippen LogP contribution in [0.3, 0.4) is 0 Å². The third kappa shape index (κ3) is 11.8. The summed E-state index contributed by atoms with van der Waals surface area (Å²) < 4.78 is 18.3. The van der Waals surface area contributed by atoms with Crippen LogP contribution in [0.5, 0.6) is 0 Å². The summed E-state index contributed by atoms with van der Waals surface area (Å²) in [4.78, 5) is 11.6. The predicted molar refractivity (Wildman–Crippen MR) is 140 cm³/mol. The predicted octanol–water partition coefficient (Wildman–Crippen LogP) is 7.05. The van der Waals surface area contributed by atoms with E-state index in [1.807, 2.05) is 6.92 Å². The molecule has 192 valence electrons. The summed E-state index contributed by atoms with van der Waals surface area (Å²) in [6.07, 6.45) is 3.31. The molecular formula is C25H54O5Si2. The van der Waals surface area contributed by atoms with Gasteiger partial charge in [-0.2, -0.15) is 0 Å². The van der Waals surface area contributed by atoms with Crippen molar-refractivity contribution in [3.8, 4) is 0 Å². The minimum Gasteiger partial charge on any atom is -0.462 e. The lowest BCUT2D eigenvalue weighted by atomic mass is 9.94. The van der Waals surface area contributed by atoms with Gasteiger partial charge in [-0.15, -0.1) is 0 Å². The molecule has 0 rings (SSSR count). The summed E-state index contributed by atoms with van der Waals surface area (Å²) in [5.74, 6) is -0.260. The molecule has 0 amide bonds. The maximum absolute atomic E-state index is 11.6. The first kappa shape index (κ1) is 31.8. The van der Waals surface area contributed by atoms with Crippen LogP contribution in [-0.2, 0) is 18.4 Å². The van der Waals surface area contributed by atoms with E-state index < -0.39 is 22.2 Å². The Kier molecular flexibility index (Phi) is 11.9. The van der Waals surface area contributed by atoms with Crippen molar-refractivity contribution in [3.63, 3.8) is 0 Å². The highest BCUT2D eigenvalue weighted by Gasteiger charge is 2.39. The summed E-state index contributed by atoms with van der Waals surface area (Å²) in [7, 11) is -3.67. The largest absolute Gasteiger partial charge is 0.462 e. The Morgan fingerprint density at radius 2 is 1.41 bits per heavy atom. The number of hydrogen-bond donors (Lipinski definition) is 1. The van der Waals surface area contributed by atoms with Crippen molar-refractivity contribution in [2.45, 2.75) is 148 Å². The molecule has 0 aliphatic heterocycles. The van der Waals surface area contributed by atoms with E-state index >= 15 is 0 Å². The van der Waals surface area contributed by atoms with Gasteiger partial charge in [-0.3, -0.25) is 4.79 Å². The van der Waals surface area contributed by atoms with Gasteiger partial charge >= 0.3 is 5.97 Å². The lowest BCUT2D eigenvalue weighted by Gasteiger charge is -2.39. The summed E-state index contributed by atoms with van der Waals surface area (Å²) in [5.41, 5.74) is -0.785. The topological polar surface area (TPSA) is 65.0 Å². The standard InChI is InChI=1S/C25H54O5Si2/c1-20(30-32(12,13)24(6,7)8)19-22(29-21(2)26)15-14-16-25(9,27)17-18-28-31(10,11)23(3,4)5/h20,22,27H,14-19H2,1-13H3/t20-,22+,25-/m1/s1. The minimum atomic E-state index is -1.87. The average Bonchev–Trinajstić information content (AvgIpc) is 2.50. The quantitative estimate of drug-likeness (QED) is 0.221. The molecule has 0 saturated carbocycles. The normalized spacial score (nSPS) is 17.6. The molecule has 7 heteroatoms. The van der Waals surface area contributed by atoms with Gasteiger partial charge in [0, 0.05) is 26.1 Å². The van der Waals surface area contributed by atoms with Gasteiger partial charge in [0.1, 0.15) is 6.10 Å². The molecule has 0 unspecified atom stereocenters. The summed E-state index contributed by atoms with van der Waals surface area (Å²) in [6, 6.07) is 0. The zero-order valence-electron chi connectivity index (χ0n) is 23.5. The molecule has 32 heavy (non-hydrogen) atoms. The van der Waals surface area contributed by atoms with Crippen LogP contribution in [0.2, 0.25) is 36.3 Å². The number of carbonyl (C=O) groups excluding carboxylic acids is 1. The van der Waals surface area contributed by atoms with Crippen LogP contribution < -0.4 is 0 Å². The Morgan fingerprint density at radius 1 is 0.906 bits per heavy atom. The molecule has 0 bridgehead atoms. The molecule has 0 fully saturated rings. The molecule has 5 nitrogen and oxygen atoms in total. The summed E-state index contributed by atoms with van der Waals surface area (Å²) >= 11 is 0. The second-order valence-electron chi connectivity index (χ2n) is 12.9. The van der Waals surface area contributed by atoms with Crippen LogP contribution >= 0.6 is 0 Å². The van der Waals surface area contributed by atoms with E-state index in [4.69, 9.17) is 13.6 Å². The van der Waals surface area contributed by atoms with Crippen molar-refractivity contribution < 1.29 is 23.5 Å². The number of esters is 1. The molecule has 0 saturated heterocycles. The van der Waals surface area contributed by atoms with Gasteiger partial charge in [0.25, 0.3) is 0 Å². The van der Waals surface area contributed by atoms with E-state index in [0.29, 0.717) is 25.9 Å². The van der Waals surface area contributed by atoms with Crippen LogP contribution in [0, 0.1) is 0 Å². The van der Waals surface area contributed by atoms with E-state index in [9.17, 15) is 9.90 Å². The summed E-state index contributed by atoms with van der Waals surface area (Å²) in [6.45, 7) is 28.3. The lowest BCUT2D eigenvalue weighted by molar-refractivity contribution is -0.148.